The first-order chi connectivity index (χ1) is 15.9. The summed E-state index contributed by atoms with van der Waals surface area (Å²) in [6, 6.07) is 19.8. The molecule has 0 fully saturated rings. The van der Waals surface area contributed by atoms with Gasteiger partial charge in [0.1, 0.15) is 0 Å². The summed E-state index contributed by atoms with van der Waals surface area (Å²) in [6.07, 6.45) is 21.2. The Hall–Kier alpha value is -0.690. The van der Waals surface area contributed by atoms with Crippen molar-refractivity contribution in [2.45, 2.75) is 103 Å². The second kappa shape index (κ2) is 21.6. The third-order valence-corrected chi connectivity index (χ3v) is 5.90. The van der Waals surface area contributed by atoms with Crippen molar-refractivity contribution in [1.82, 2.24) is 0 Å². The number of aryl methyl sites for hydroxylation is 1. The van der Waals surface area contributed by atoms with Gasteiger partial charge >= 0.3 is 40.0 Å². The fourth-order valence-corrected chi connectivity index (χ4v) is 4.15. The summed E-state index contributed by atoms with van der Waals surface area (Å²) in [7, 11) is -4.67. The Kier molecular flexibility index (Phi) is 21.1. The van der Waals surface area contributed by atoms with Crippen LogP contribution in [-0.2, 0) is 16.8 Å². The van der Waals surface area contributed by atoms with Crippen molar-refractivity contribution in [3.63, 3.8) is 0 Å². The zero-order valence-electron chi connectivity index (χ0n) is 22.4. The topological polar surface area (TPSA) is 74.6 Å². The van der Waals surface area contributed by atoms with Crippen LogP contribution >= 0.6 is 0 Å². The maximum Gasteiger partial charge on any atom is 1.00 e. The Morgan fingerprint density at radius 2 is 1.00 bits per heavy atom. The first kappa shape index (κ1) is 33.3. The van der Waals surface area contributed by atoms with Crippen LogP contribution in [0.25, 0.3) is 11.1 Å². The van der Waals surface area contributed by atoms with E-state index in [0.29, 0.717) is 0 Å². The molecule has 2 aromatic carbocycles. The third-order valence-electron chi connectivity index (χ3n) is 5.90. The van der Waals surface area contributed by atoms with Crippen molar-refractivity contribution in [2.24, 2.45) is 0 Å². The maximum absolute atomic E-state index is 8.74. The molecular formula is C28H45NaO4S. The molecule has 0 aliphatic heterocycles. The zero-order valence-corrected chi connectivity index (χ0v) is 24.2. The molecular weight excluding hydrogens is 455 g/mol. The van der Waals surface area contributed by atoms with Gasteiger partial charge in [0.15, 0.2) is 0 Å². The molecule has 0 saturated carbocycles. The van der Waals surface area contributed by atoms with E-state index in [0.717, 1.165) is 0 Å². The minimum absolute atomic E-state index is 0. The molecule has 2 rings (SSSR count). The van der Waals surface area contributed by atoms with Gasteiger partial charge in [0.2, 0.25) is 0 Å². The van der Waals surface area contributed by atoms with E-state index in [1.807, 2.05) is 0 Å². The second-order valence-corrected chi connectivity index (χ2v) is 9.71. The standard InChI is InChI=1S/C28H42.Na.H2O4S.H/c1-2-3-4-5-6-7-8-9-10-11-12-13-14-16-21-27-24-19-20-25-28(27)26-22-17-15-18-23-26;;1-5(2,3)4;/h15,17-20,22-25H,2-14,16,21H2,1H3;;(H2,1,2,3,4);/q;+1;;-1. The first-order valence-corrected chi connectivity index (χ1v) is 14.1. The van der Waals surface area contributed by atoms with E-state index in [1.54, 1.807) is 0 Å². The van der Waals surface area contributed by atoms with Gasteiger partial charge in [-0.3, -0.25) is 9.11 Å². The molecule has 188 valence electrons. The van der Waals surface area contributed by atoms with Crippen LogP contribution in [-0.4, -0.2) is 17.5 Å². The van der Waals surface area contributed by atoms with E-state index in [9.17, 15) is 0 Å². The van der Waals surface area contributed by atoms with Crippen molar-refractivity contribution in [3.05, 3.63) is 60.2 Å². The van der Waals surface area contributed by atoms with Crippen molar-refractivity contribution in [1.29, 1.82) is 0 Å². The van der Waals surface area contributed by atoms with Gasteiger partial charge in [-0.2, -0.15) is 8.42 Å². The van der Waals surface area contributed by atoms with E-state index in [-0.39, 0.29) is 31.0 Å². The summed E-state index contributed by atoms with van der Waals surface area (Å²) in [5, 5.41) is 0. The Morgan fingerprint density at radius 1 is 0.618 bits per heavy atom. The van der Waals surface area contributed by atoms with Gasteiger partial charge in [-0.25, -0.2) is 0 Å². The first-order valence-electron chi connectivity index (χ1n) is 12.7. The van der Waals surface area contributed by atoms with Crippen LogP contribution < -0.4 is 29.6 Å². The fourth-order valence-electron chi connectivity index (χ4n) is 4.15. The largest absolute Gasteiger partial charge is 1.00 e. The van der Waals surface area contributed by atoms with Crippen molar-refractivity contribution >= 4 is 10.4 Å². The molecule has 4 nitrogen and oxygen atoms in total. The van der Waals surface area contributed by atoms with Crippen LogP contribution in [0.3, 0.4) is 0 Å². The smallest absolute Gasteiger partial charge is 1.00 e. The van der Waals surface area contributed by atoms with E-state index in [1.165, 1.54) is 113 Å². The molecule has 2 N–H and O–H groups in total. The zero-order chi connectivity index (χ0) is 24.2. The van der Waals surface area contributed by atoms with Crippen molar-refractivity contribution < 1.29 is 48.5 Å². The molecule has 34 heavy (non-hydrogen) atoms. The number of hydrogen-bond donors (Lipinski definition) is 2. The number of benzene rings is 2. The average Bonchev–Trinajstić information content (AvgIpc) is 2.79. The van der Waals surface area contributed by atoms with E-state index >= 15 is 0 Å². The monoisotopic (exact) mass is 500 g/mol. The summed E-state index contributed by atoms with van der Waals surface area (Å²) in [5.74, 6) is 0. The average molecular weight is 501 g/mol. The van der Waals surface area contributed by atoms with Crippen LogP contribution in [0.5, 0.6) is 0 Å². The maximum atomic E-state index is 8.74. The number of unbranched alkanes of at least 4 members (excludes halogenated alkanes) is 13. The summed E-state index contributed by atoms with van der Waals surface area (Å²) in [4.78, 5) is 0. The number of rotatable bonds is 16. The van der Waals surface area contributed by atoms with Crippen molar-refractivity contribution in [2.75, 3.05) is 0 Å². The Morgan fingerprint density at radius 3 is 1.47 bits per heavy atom. The van der Waals surface area contributed by atoms with Gasteiger partial charge in [-0.1, -0.05) is 145 Å². The van der Waals surface area contributed by atoms with Gasteiger partial charge in [0.25, 0.3) is 0 Å². The van der Waals surface area contributed by atoms with E-state index in [4.69, 9.17) is 17.5 Å². The Labute approximate surface area is 232 Å². The predicted octanol–water partition coefficient (Wildman–Crippen LogP) is 5.84. The molecule has 0 unspecified atom stereocenters. The molecule has 0 saturated heterocycles. The second-order valence-electron chi connectivity index (χ2n) is 8.82. The van der Waals surface area contributed by atoms with E-state index in [2.05, 4.69) is 61.5 Å². The SMILES string of the molecule is CCCCCCCCCCCCCCCCc1ccccc1-c1ccccc1.O=S(=O)(O)O.[H-].[Na+]. The van der Waals surface area contributed by atoms with E-state index < -0.39 is 10.4 Å². The van der Waals surface area contributed by atoms with Gasteiger partial charge in [0, 0.05) is 0 Å². The number of hydrogen-bond acceptors (Lipinski definition) is 2. The fraction of sp³-hybridized carbons (Fsp3) is 0.571. The molecule has 0 atom stereocenters. The van der Waals surface area contributed by atoms with Gasteiger partial charge in [-0.05, 0) is 29.5 Å². The molecule has 6 heteroatoms. The van der Waals surface area contributed by atoms with Gasteiger partial charge < -0.3 is 1.43 Å². The molecule has 0 aliphatic rings. The van der Waals surface area contributed by atoms with Crippen molar-refractivity contribution in [3.8, 4) is 11.1 Å². The quantitative estimate of drug-likeness (QED) is 0.172. The molecule has 0 radical (unpaired) electrons. The molecule has 0 aromatic heterocycles. The van der Waals surface area contributed by atoms with Gasteiger partial charge in [0.05, 0.1) is 0 Å². The summed E-state index contributed by atoms with van der Waals surface area (Å²) in [5.41, 5.74) is 4.27. The minimum Gasteiger partial charge on any atom is -1.00 e. The molecule has 0 spiro atoms. The third kappa shape index (κ3) is 19.6. The Balaban J connectivity index is 0. The molecule has 0 bridgehead atoms. The molecule has 2 aromatic rings. The van der Waals surface area contributed by atoms with Crippen LogP contribution in [0.15, 0.2) is 54.6 Å². The van der Waals surface area contributed by atoms with Crippen LogP contribution in [0.1, 0.15) is 104 Å². The Bertz CT molecular complexity index is 824. The molecule has 0 heterocycles. The summed E-state index contributed by atoms with van der Waals surface area (Å²) >= 11 is 0. The normalized spacial score (nSPS) is 10.8. The van der Waals surface area contributed by atoms with Crippen LogP contribution in [0.4, 0.5) is 0 Å². The van der Waals surface area contributed by atoms with Gasteiger partial charge in [-0.15, -0.1) is 0 Å². The van der Waals surface area contributed by atoms with Crippen LogP contribution in [0.2, 0.25) is 0 Å². The molecule has 0 aliphatic carbocycles. The predicted molar refractivity (Wildman–Crippen MR) is 141 cm³/mol. The minimum atomic E-state index is -4.67. The van der Waals surface area contributed by atoms with Crippen LogP contribution in [0, 0.1) is 0 Å². The summed E-state index contributed by atoms with van der Waals surface area (Å²) in [6.45, 7) is 2.30. The molecule has 0 amide bonds. The summed E-state index contributed by atoms with van der Waals surface area (Å²) < 4.78 is 31.6.